The number of carbonyl (C=O) groups is 2. The van der Waals surface area contributed by atoms with Crippen molar-refractivity contribution in [1.29, 1.82) is 0 Å². The molecule has 1 fully saturated rings. The van der Waals surface area contributed by atoms with E-state index in [0.29, 0.717) is 24.5 Å². The lowest BCUT2D eigenvalue weighted by Crippen LogP contribution is -2.45. The molecule has 2 aromatic heterocycles. The maximum atomic E-state index is 11.9. The summed E-state index contributed by atoms with van der Waals surface area (Å²) in [5.74, 6) is 0.808. The predicted molar refractivity (Wildman–Crippen MR) is 98.5 cm³/mol. The summed E-state index contributed by atoms with van der Waals surface area (Å²) in [7, 11) is 2.11. The number of carbonyl (C=O) groups excluding carboxylic acids is 2. The molecule has 0 atom stereocenters. The number of ether oxygens (including phenoxy) is 1. The first-order chi connectivity index (χ1) is 13.1. The lowest BCUT2D eigenvalue weighted by atomic mass is 10.3. The maximum absolute atomic E-state index is 11.9. The van der Waals surface area contributed by atoms with Crippen molar-refractivity contribution < 1.29 is 14.3 Å². The minimum atomic E-state index is -0.447. The van der Waals surface area contributed by atoms with Gasteiger partial charge in [0, 0.05) is 39.0 Å². The van der Waals surface area contributed by atoms with Crippen molar-refractivity contribution in [2.24, 2.45) is 0 Å². The summed E-state index contributed by atoms with van der Waals surface area (Å²) in [6.45, 7) is 5.72. The molecule has 1 aliphatic heterocycles. The van der Waals surface area contributed by atoms with E-state index < -0.39 is 5.97 Å². The Labute approximate surface area is 157 Å². The van der Waals surface area contributed by atoms with Crippen LogP contribution in [-0.4, -0.2) is 83.0 Å². The van der Waals surface area contributed by atoms with E-state index in [1.54, 1.807) is 11.4 Å². The third-order valence-electron chi connectivity index (χ3n) is 4.45. The number of hydrogen-bond acceptors (Lipinski definition) is 8. The minimum absolute atomic E-state index is 0.126. The highest BCUT2D eigenvalue weighted by molar-refractivity contribution is 5.81. The smallest absolute Gasteiger partial charge is 0.325 e. The van der Waals surface area contributed by atoms with Gasteiger partial charge in [0.25, 0.3) is 0 Å². The summed E-state index contributed by atoms with van der Waals surface area (Å²) in [4.78, 5) is 27.7. The van der Waals surface area contributed by atoms with Gasteiger partial charge in [0.15, 0.2) is 11.5 Å². The molecule has 0 unspecified atom stereocenters. The van der Waals surface area contributed by atoms with E-state index in [1.807, 2.05) is 12.1 Å². The first-order valence-electron chi connectivity index (χ1n) is 9.14. The van der Waals surface area contributed by atoms with Crippen LogP contribution in [-0.2, 0) is 20.7 Å². The zero-order chi connectivity index (χ0) is 19.2. The lowest BCUT2D eigenvalue weighted by Gasteiger charge is -2.33. The number of aromatic nitrogens is 4. The molecule has 1 saturated heterocycles. The number of anilines is 1. The maximum Gasteiger partial charge on any atom is 0.325 e. The molecule has 3 rings (SSSR count). The van der Waals surface area contributed by atoms with Gasteiger partial charge in [0.2, 0.25) is 5.91 Å². The van der Waals surface area contributed by atoms with E-state index in [4.69, 9.17) is 4.74 Å². The zero-order valence-electron chi connectivity index (χ0n) is 15.7. The van der Waals surface area contributed by atoms with Crippen LogP contribution in [0.1, 0.15) is 19.2 Å². The Morgan fingerprint density at radius 3 is 2.70 bits per heavy atom. The van der Waals surface area contributed by atoms with Crippen LogP contribution in [0.2, 0.25) is 0 Å². The van der Waals surface area contributed by atoms with Crippen molar-refractivity contribution in [3.05, 3.63) is 18.0 Å². The number of rotatable bonds is 7. The van der Waals surface area contributed by atoms with Crippen molar-refractivity contribution >= 4 is 23.3 Å². The van der Waals surface area contributed by atoms with Gasteiger partial charge in [0.05, 0.1) is 6.61 Å². The summed E-state index contributed by atoms with van der Waals surface area (Å²) in [6.07, 6.45) is 0.579. The second-order valence-electron chi connectivity index (χ2n) is 6.45. The SMILES string of the molecule is CCOC(=O)CNC(=O)CCc1nnc2ccc(N3CCN(C)CC3)nn12. The van der Waals surface area contributed by atoms with Crippen molar-refractivity contribution in [1.82, 2.24) is 30.0 Å². The van der Waals surface area contributed by atoms with Gasteiger partial charge < -0.3 is 19.9 Å². The standard InChI is InChI=1S/C17H25N7O3/c1-3-27-17(26)12-18-16(25)7-6-14-20-19-13-4-5-15(21-24(13)14)23-10-8-22(2)9-11-23/h4-5H,3,6-12H2,1-2H3,(H,18,25). The molecule has 0 bridgehead atoms. The minimum Gasteiger partial charge on any atom is -0.465 e. The van der Waals surface area contributed by atoms with E-state index in [1.165, 1.54) is 0 Å². The molecule has 1 N–H and O–H groups in total. The Balaban J connectivity index is 1.60. The van der Waals surface area contributed by atoms with Crippen molar-refractivity contribution in [3.63, 3.8) is 0 Å². The van der Waals surface area contributed by atoms with Crippen LogP contribution in [0, 0.1) is 0 Å². The summed E-state index contributed by atoms with van der Waals surface area (Å²) in [6, 6.07) is 3.84. The van der Waals surface area contributed by atoms with E-state index in [0.717, 1.165) is 32.0 Å². The van der Waals surface area contributed by atoms with Gasteiger partial charge in [-0.1, -0.05) is 0 Å². The van der Waals surface area contributed by atoms with Crippen LogP contribution in [0.25, 0.3) is 5.65 Å². The first kappa shape index (κ1) is 19.0. The number of aryl methyl sites for hydroxylation is 1. The molecule has 3 heterocycles. The molecular weight excluding hydrogens is 350 g/mol. The third kappa shape index (κ3) is 4.91. The zero-order valence-corrected chi connectivity index (χ0v) is 15.7. The Hall–Kier alpha value is -2.75. The van der Waals surface area contributed by atoms with Crippen LogP contribution in [0.15, 0.2) is 12.1 Å². The van der Waals surface area contributed by atoms with E-state index >= 15 is 0 Å². The highest BCUT2D eigenvalue weighted by Gasteiger charge is 2.17. The fraction of sp³-hybridized carbons (Fsp3) is 0.588. The summed E-state index contributed by atoms with van der Waals surface area (Å²) < 4.78 is 6.47. The van der Waals surface area contributed by atoms with E-state index in [9.17, 15) is 9.59 Å². The fourth-order valence-corrected chi connectivity index (χ4v) is 2.88. The number of likely N-dealkylation sites (N-methyl/N-ethyl adjacent to an activating group) is 1. The second-order valence-corrected chi connectivity index (χ2v) is 6.45. The van der Waals surface area contributed by atoms with Gasteiger partial charge in [-0.3, -0.25) is 9.59 Å². The van der Waals surface area contributed by atoms with Crippen LogP contribution in [0.3, 0.4) is 0 Å². The molecule has 0 spiro atoms. The number of hydrogen-bond donors (Lipinski definition) is 1. The normalized spacial score (nSPS) is 15.1. The molecule has 0 radical (unpaired) electrons. The molecule has 1 amide bonds. The van der Waals surface area contributed by atoms with Gasteiger partial charge in [-0.2, -0.15) is 4.52 Å². The first-order valence-corrected chi connectivity index (χ1v) is 9.14. The molecule has 1 aliphatic rings. The van der Waals surface area contributed by atoms with Crippen LogP contribution in [0.4, 0.5) is 5.82 Å². The third-order valence-corrected chi connectivity index (χ3v) is 4.45. The topological polar surface area (TPSA) is 105 Å². The van der Waals surface area contributed by atoms with E-state index in [-0.39, 0.29) is 18.9 Å². The van der Waals surface area contributed by atoms with Gasteiger partial charge in [0.1, 0.15) is 12.4 Å². The molecule has 146 valence electrons. The average molecular weight is 375 g/mol. The van der Waals surface area contributed by atoms with E-state index in [2.05, 4.69) is 37.5 Å². The summed E-state index contributed by atoms with van der Waals surface area (Å²) in [5, 5.41) is 15.4. The van der Waals surface area contributed by atoms with Crippen LogP contribution >= 0.6 is 0 Å². The van der Waals surface area contributed by atoms with Gasteiger partial charge >= 0.3 is 5.97 Å². The van der Waals surface area contributed by atoms with Gasteiger partial charge in [-0.15, -0.1) is 15.3 Å². The largest absolute Gasteiger partial charge is 0.465 e. The lowest BCUT2D eigenvalue weighted by molar-refractivity contribution is -0.143. The van der Waals surface area contributed by atoms with Crippen molar-refractivity contribution in [2.75, 3.05) is 51.3 Å². The quantitative estimate of drug-likeness (QED) is 0.645. The molecule has 2 aromatic rings. The molecule has 10 heteroatoms. The molecule has 10 nitrogen and oxygen atoms in total. The number of nitrogens with one attached hydrogen (secondary N) is 1. The molecular formula is C17H25N7O3. The molecule has 27 heavy (non-hydrogen) atoms. The number of fused-ring (bicyclic) bond motifs is 1. The highest BCUT2D eigenvalue weighted by Crippen LogP contribution is 2.14. The summed E-state index contributed by atoms with van der Waals surface area (Å²) >= 11 is 0. The Morgan fingerprint density at radius 1 is 1.19 bits per heavy atom. The Bertz CT molecular complexity index is 799. The number of esters is 1. The molecule has 0 aromatic carbocycles. The number of nitrogens with zero attached hydrogens (tertiary/aromatic N) is 6. The number of amides is 1. The Morgan fingerprint density at radius 2 is 1.96 bits per heavy atom. The Kier molecular flexibility index (Phi) is 6.17. The summed E-state index contributed by atoms with van der Waals surface area (Å²) in [5.41, 5.74) is 0.648. The fourth-order valence-electron chi connectivity index (χ4n) is 2.88. The predicted octanol–water partition coefficient (Wildman–Crippen LogP) is -0.512. The van der Waals surface area contributed by atoms with Gasteiger partial charge in [-0.05, 0) is 26.1 Å². The highest BCUT2D eigenvalue weighted by atomic mass is 16.5. The second kappa shape index (κ2) is 8.76. The number of piperazine rings is 1. The average Bonchev–Trinajstić information content (AvgIpc) is 3.08. The van der Waals surface area contributed by atoms with Crippen molar-refractivity contribution in [3.8, 4) is 0 Å². The van der Waals surface area contributed by atoms with Crippen LogP contribution in [0.5, 0.6) is 0 Å². The molecule has 0 saturated carbocycles. The molecule has 0 aliphatic carbocycles. The van der Waals surface area contributed by atoms with Gasteiger partial charge in [-0.25, -0.2) is 0 Å². The van der Waals surface area contributed by atoms with Crippen molar-refractivity contribution in [2.45, 2.75) is 19.8 Å². The monoisotopic (exact) mass is 375 g/mol. The van der Waals surface area contributed by atoms with Crippen LogP contribution < -0.4 is 10.2 Å².